The molecule has 0 saturated heterocycles. The topological polar surface area (TPSA) is 54.5 Å². The molecule has 1 aliphatic heterocycles. The van der Waals surface area contributed by atoms with Crippen LogP contribution in [0.1, 0.15) is 34.2 Å². The summed E-state index contributed by atoms with van der Waals surface area (Å²) in [4.78, 5) is 19.0. The molecule has 0 unspecified atom stereocenters. The van der Waals surface area contributed by atoms with Crippen LogP contribution in [0.25, 0.3) is 0 Å². The number of allylic oxidation sites excluding steroid dienone is 1. The van der Waals surface area contributed by atoms with E-state index in [9.17, 15) is 4.79 Å². The fourth-order valence-corrected chi connectivity index (χ4v) is 2.58. The second-order valence-electron chi connectivity index (χ2n) is 6.10. The molecule has 0 fully saturated rings. The van der Waals surface area contributed by atoms with Crippen LogP contribution in [0.15, 0.2) is 48.4 Å². The van der Waals surface area contributed by atoms with Gasteiger partial charge in [0.25, 0.3) is 5.91 Å². The van der Waals surface area contributed by atoms with Gasteiger partial charge in [-0.25, -0.2) is 4.98 Å². The van der Waals surface area contributed by atoms with E-state index in [0.29, 0.717) is 19.0 Å². The van der Waals surface area contributed by atoms with Gasteiger partial charge in [-0.1, -0.05) is 17.7 Å². The van der Waals surface area contributed by atoms with E-state index in [-0.39, 0.29) is 5.91 Å². The number of pyridine rings is 1. The fourth-order valence-electron chi connectivity index (χ4n) is 2.58. The maximum Gasteiger partial charge on any atom is 0.274 e. The number of aryl methyl sites for hydroxylation is 2. The number of carbonyl (C=O) groups excluding carboxylic acids is 1. The Kier molecular flexibility index (Phi) is 4.51. The zero-order valence-electron chi connectivity index (χ0n) is 14.2. The van der Waals surface area contributed by atoms with Crippen molar-refractivity contribution < 1.29 is 9.53 Å². The summed E-state index contributed by atoms with van der Waals surface area (Å²) in [5, 5.41) is 2.89. The van der Waals surface area contributed by atoms with Crippen molar-refractivity contribution in [3.8, 4) is 0 Å². The van der Waals surface area contributed by atoms with Gasteiger partial charge < -0.3 is 15.0 Å². The van der Waals surface area contributed by atoms with E-state index in [1.54, 1.807) is 6.07 Å². The second kappa shape index (κ2) is 6.74. The van der Waals surface area contributed by atoms with Crippen LogP contribution in [-0.4, -0.2) is 22.5 Å². The molecular formula is C19H21N3O2. The molecular weight excluding hydrogens is 302 g/mol. The van der Waals surface area contributed by atoms with Crippen molar-refractivity contribution in [3.63, 3.8) is 0 Å². The third kappa shape index (κ3) is 3.93. The van der Waals surface area contributed by atoms with Gasteiger partial charge in [0.2, 0.25) is 0 Å². The number of ether oxygens (including phenoxy) is 1. The van der Waals surface area contributed by atoms with Gasteiger partial charge >= 0.3 is 0 Å². The summed E-state index contributed by atoms with van der Waals surface area (Å²) in [5.74, 6) is 0.688. The van der Waals surface area contributed by atoms with Gasteiger partial charge in [0, 0.05) is 11.9 Å². The number of amides is 1. The van der Waals surface area contributed by atoms with E-state index in [4.69, 9.17) is 4.74 Å². The zero-order chi connectivity index (χ0) is 17.1. The summed E-state index contributed by atoms with van der Waals surface area (Å²) >= 11 is 0. The molecule has 1 aliphatic rings. The molecule has 2 aromatic rings. The number of anilines is 1. The number of nitrogens with zero attached hydrogens (tertiary/aromatic N) is 2. The Morgan fingerprint density at radius 3 is 2.58 bits per heavy atom. The number of rotatable bonds is 4. The lowest BCUT2D eigenvalue weighted by atomic mass is 10.2. The van der Waals surface area contributed by atoms with Crippen LogP contribution in [-0.2, 0) is 11.3 Å². The normalized spacial score (nSPS) is 13.5. The van der Waals surface area contributed by atoms with E-state index in [0.717, 1.165) is 28.3 Å². The van der Waals surface area contributed by atoms with Crippen molar-refractivity contribution in [2.45, 2.75) is 27.3 Å². The summed E-state index contributed by atoms with van der Waals surface area (Å²) in [6.07, 6.45) is 1.95. The highest BCUT2D eigenvalue weighted by atomic mass is 16.5. The third-order valence-corrected chi connectivity index (χ3v) is 3.75. The molecule has 5 heteroatoms. The maximum atomic E-state index is 12.5. The Morgan fingerprint density at radius 1 is 1.17 bits per heavy atom. The Labute approximate surface area is 142 Å². The first-order chi connectivity index (χ1) is 11.5. The molecule has 24 heavy (non-hydrogen) atoms. The average Bonchev–Trinajstić information content (AvgIpc) is 2.94. The average molecular weight is 323 g/mol. The Balaban J connectivity index is 1.75. The van der Waals surface area contributed by atoms with Crippen LogP contribution in [0, 0.1) is 13.8 Å². The van der Waals surface area contributed by atoms with Crippen molar-refractivity contribution in [1.82, 2.24) is 9.88 Å². The highest BCUT2D eigenvalue weighted by Crippen LogP contribution is 2.15. The minimum Gasteiger partial charge on any atom is -0.476 e. The predicted molar refractivity (Wildman–Crippen MR) is 93.4 cm³/mol. The first kappa shape index (κ1) is 16.1. The quantitative estimate of drug-likeness (QED) is 0.934. The van der Waals surface area contributed by atoms with E-state index >= 15 is 0 Å². The standard InChI is InChI=1S/C19H21N3O2/c1-13-4-6-16(7-5-13)21-19(23)18-9-14(2)8-17(20-18)11-22-10-15(3)24-12-22/h4-10H,11-12H2,1-3H3,(H,21,23). The van der Waals surface area contributed by atoms with E-state index in [1.165, 1.54) is 0 Å². The first-order valence-electron chi connectivity index (χ1n) is 7.90. The maximum absolute atomic E-state index is 12.5. The lowest BCUT2D eigenvalue weighted by molar-refractivity contribution is 0.102. The zero-order valence-corrected chi connectivity index (χ0v) is 14.2. The van der Waals surface area contributed by atoms with E-state index in [1.807, 2.05) is 62.2 Å². The Morgan fingerprint density at radius 2 is 1.92 bits per heavy atom. The van der Waals surface area contributed by atoms with Gasteiger partial charge in [0.15, 0.2) is 6.73 Å². The van der Waals surface area contributed by atoms with E-state index in [2.05, 4.69) is 10.3 Å². The van der Waals surface area contributed by atoms with Crippen molar-refractivity contribution in [2.24, 2.45) is 0 Å². The number of hydrogen-bond acceptors (Lipinski definition) is 4. The number of nitrogens with one attached hydrogen (secondary N) is 1. The van der Waals surface area contributed by atoms with Crippen LogP contribution < -0.4 is 5.32 Å². The highest BCUT2D eigenvalue weighted by Gasteiger charge is 2.14. The molecule has 0 spiro atoms. The molecule has 0 aliphatic carbocycles. The summed E-state index contributed by atoms with van der Waals surface area (Å²) in [6.45, 7) is 7.04. The smallest absolute Gasteiger partial charge is 0.274 e. The summed E-state index contributed by atoms with van der Waals surface area (Å²) in [6, 6.07) is 11.5. The molecule has 1 N–H and O–H groups in total. The fraction of sp³-hybridized carbons (Fsp3) is 0.263. The molecule has 1 aromatic heterocycles. The summed E-state index contributed by atoms with van der Waals surface area (Å²) in [5.41, 5.74) is 4.20. The molecule has 0 radical (unpaired) electrons. The number of benzene rings is 1. The molecule has 124 valence electrons. The van der Waals surface area contributed by atoms with Crippen LogP contribution in [0.2, 0.25) is 0 Å². The Bertz CT molecular complexity index is 782. The minimum atomic E-state index is -0.201. The molecule has 0 bridgehead atoms. The van der Waals surface area contributed by atoms with Crippen molar-refractivity contribution in [2.75, 3.05) is 12.0 Å². The van der Waals surface area contributed by atoms with Gasteiger partial charge in [0.05, 0.1) is 12.2 Å². The van der Waals surface area contributed by atoms with Crippen LogP contribution in [0.4, 0.5) is 5.69 Å². The van der Waals surface area contributed by atoms with Gasteiger partial charge in [-0.2, -0.15) is 0 Å². The number of hydrogen-bond donors (Lipinski definition) is 1. The monoisotopic (exact) mass is 323 g/mol. The highest BCUT2D eigenvalue weighted by molar-refractivity contribution is 6.03. The molecule has 3 rings (SSSR count). The molecule has 0 saturated carbocycles. The first-order valence-corrected chi connectivity index (χ1v) is 7.90. The van der Waals surface area contributed by atoms with Crippen molar-refractivity contribution in [1.29, 1.82) is 0 Å². The van der Waals surface area contributed by atoms with Crippen molar-refractivity contribution >= 4 is 11.6 Å². The third-order valence-electron chi connectivity index (χ3n) is 3.75. The van der Waals surface area contributed by atoms with Crippen LogP contribution >= 0.6 is 0 Å². The predicted octanol–water partition coefficient (Wildman–Crippen LogP) is 3.60. The van der Waals surface area contributed by atoms with Crippen molar-refractivity contribution in [3.05, 3.63) is 70.9 Å². The molecule has 0 atom stereocenters. The number of aromatic nitrogens is 1. The second-order valence-corrected chi connectivity index (χ2v) is 6.10. The summed E-state index contributed by atoms with van der Waals surface area (Å²) < 4.78 is 5.41. The molecule has 1 amide bonds. The minimum absolute atomic E-state index is 0.201. The van der Waals surface area contributed by atoms with E-state index < -0.39 is 0 Å². The SMILES string of the molecule is CC1=CN(Cc2cc(C)cc(C(=O)Nc3ccc(C)cc3)n2)CO1. The van der Waals surface area contributed by atoms with Crippen LogP contribution in [0.5, 0.6) is 0 Å². The molecule has 5 nitrogen and oxygen atoms in total. The molecule has 1 aromatic carbocycles. The van der Waals surface area contributed by atoms with Crippen LogP contribution in [0.3, 0.4) is 0 Å². The summed E-state index contributed by atoms with van der Waals surface area (Å²) in [7, 11) is 0. The molecule has 2 heterocycles. The van der Waals surface area contributed by atoms with Gasteiger partial charge in [-0.15, -0.1) is 0 Å². The lowest BCUT2D eigenvalue weighted by Gasteiger charge is -2.14. The Hall–Kier alpha value is -2.82. The van der Waals surface area contributed by atoms with Gasteiger partial charge in [0.1, 0.15) is 11.5 Å². The lowest BCUT2D eigenvalue weighted by Crippen LogP contribution is -2.18. The van der Waals surface area contributed by atoms with Gasteiger partial charge in [-0.3, -0.25) is 4.79 Å². The van der Waals surface area contributed by atoms with Gasteiger partial charge in [-0.05, 0) is 50.6 Å². The largest absolute Gasteiger partial charge is 0.476 e. The number of carbonyl (C=O) groups is 1.